The highest BCUT2D eigenvalue weighted by atomic mass is 16.7. The summed E-state index contributed by atoms with van der Waals surface area (Å²) in [5.41, 5.74) is 4.92. The van der Waals surface area contributed by atoms with Gasteiger partial charge < -0.3 is 24.6 Å². The first-order valence-corrected chi connectivity index (χ1v) is 14.0. The van der Waals surface area contributed by atoms with E-state index < -0.39 is 18.4 Å². The van der Waals surface area contributed by atoms with Gasteiger partial charge in [-0.15, -0.1) is 0 Å². The number of aliphatic hydroxyl groups is 1. The van der Waals surface area contributed by atoms with Crippen LogP contribution in [-0.2, 0) is 43.5 Å². The molecule has 1 aliphatic rings. The van der Waals surface area contributed by atoms with Gasteiger partial charge >= 0.3 is 5.97 Å². The molecule has 5 unspecified atom stereocenters. The van der Waals surface area contributed by atoms with E-state index in [1.807, 2.05) is 54.6 Å². The summed E-state index contributed by atoms with van der Waals surface area (Å²) in [6.45, 7) is 6.82. The van der Waals surface area contributed by atoms with Gasteiger partial charge in [0.2, 0.25) is 0 Å². The summed E-state index contributed by atoms with van der Waals surface area (Å²) in [7, 11) is 2.10. The fourth-order valence-electron chi connectivity index (χ4n) is 5.02. The highest BCUT2D eigenvalue weighted by Gasteiger charge is 2.38. The topological polar surface area (TPSA) is 97.3 Å². The predicted octanol–water partition coefficient (Wildman–Crippen LogP) is 4.67. The largest absolute Gasteiger partial charge is 0.453 e. The number of nitrogens with zero attached hydrogens (tertiary/aromatic N) is 1. The Morgan fingerprint density at radius 1 is 0.927 bits per heavy atom. The number of carbonyl (C=O) groups is 2. The summed E-state index contributed by atoms with van der Waals surface area (Å²) in [4.78, 5) is 25.6. The standard InChI is InChI=1S/C33H40N2O6/c1-22-30(20-35(4)19-26-8-6-5-7-9-26)40-33(41-31(22)28-14-12-27(21-36)13-15-28)29-16-10-25(11-17-29)18-34-32(38)23(2)39-24(3)37/h5-17,22-23,30-31,33,36H,18-21H2,1-4H3,(H,34,38). The SMILES string of the molecule is CC(=O)OC(C)C(=O)NCc1ccc(C2OC(CN(C)Cc3ccccc3)C(C)C(c3ccc(CO)cc3)O2)cc1. The van der Waals surface area contributed by atoms with Crippen molar-refractivity contribution in [3.05, 3.63) is 107 Å². The van der Waals surface area contributed by atoms with E-state index in [2.05, 4.69) is 48.5 Å². The number of hydrogen-bond acceptors (Lipinski definition) is 7. The van der Waals surface area contributed by atoms with Crippen molar-refractivity contribution in [1.82, 2.24) is 10.2 Å². The summed E-state index contributed by atoms with van der Waals surface area (Å²) in [5.74, 6) is -0.765. The maximum atomic E-state index is 12.2. The third-order valence-corrected chi connectivity index (χ3v) is 7.34. The van der Waals surface area contributed by atoms with Crippen molar-refractivity contribution >= 4 is 11.9 Å². The van der Waals surface area contributed by atoms with E-state index in [-0.39, 0.29) is 30.6 Å². The highest BCUT2D eigenvalue weighted by Crippen LogP contribution is 2.41. The number of rotatable bonds is 11. The quantitative estimate of drug-likeness (QED) is 0.329. The number of amides is 1. The minimum absolute atomic E-state index is 0.00450. The molecule has 0 aromatic heterocycles. The molecule has 218 valence electrons. The lowest BCUT2D eigenvalue weighted by Crippen LogP contribution is -2.43. The molecule has 8 nitrogen and oxygen atoms in total. The first-order valence-electron chi connectivity index (χ1n) is 14.0. The van der Waals surface area contributed by atoms with E-state index in [0.29, 0.717) is 6.54 Å². The monoisotopic (exact) mass is 560 g/mol. The Morgan fingerprint density at radius 3 is 2.20 bits per heavy atom. The first kappa shape index (κ1) is 30.4. The Balaban J connectivity index is 1.48. The Morgan fingerprint density at radius 2 is 1.56 bits per heavy atom. The first-order chi connectivity index (χ1) is 19.7. The molecule has 5 atom stereocenters. The highest BCUT2D eigenvalue weighted by molar-refractivity contribution is 5.82. The number of aliphatic hydroxyl groups excluding tert-OH is 1. The van der Waals surface area contributed by atoms with Crippen LogP contribution in [0.4, 0.5) is 0 Å². The van der Waals surface area contributed by atoms with Crippen molar-refractivity contribution in [2.75, 3.05) is 13.6 Å². The number of ether oxygens (including phenoxy) is 3. The second kappa shape index (κ2) is 14.4. The Kier molecular flexibility index (Phi) is 10.7. The molecule has 1 amide bonds. The molecular formula is C33H40N2O6. The molecule has 4 rings (SSSR count). The van der Waals surface area contributed by atoms with Crippen molar-refractivity contribution in [2.24, 2.45) is 5.92 Å². The van der Waals surface area contributed by atoms with Crippen LogP contribution in [0.5, 0.6) is 0 Å². The third kappa shape index (κ3) is 8.47. The number of likely N-dealkylation sites (N-methyl/N-ethyl adjacent to an activating group) is 1. The van der Waals surface area contributed by atoms with Gasteiger partial charge in [-0.25, -0.2) is 0 Å². The summed E-state index contributed by atoms with van der Waals surface area (Å²) in [5, 5.41) is 12.3. The van der Waals surface area contributed by atoms with Crippen LogP contribution in [0.15, 0.2) is 78.9 Å². The number of esters is 1. The molecule has 0 saturated carbocycles. The molecule has 0 bridgehead atoms. The lowest BCUT2D eigenvalue weighted by molar-refractivity contribution is -0.276. The summed E-state index contributed by atoms with van der Waals surface area (Å²) < 4.78 is 18.1. The van der Waals surface area contributed by atoms with Gasteiger partial charge in [-0.05, 0) is 36.2 Å². The molecule has 41 heavy (non-hydrogen) atoms. The van der Waals surface area contributed by atoms with Gasteiger partial charge in [-0.3, -0.25) is 14.5 Å². The van der Waals surface area contributed by atoms with Crippen LogP contribution < -0.4 is 5.32 Å². The van der Waals surface area contributed by atoms with E-state index in [0.717, 1.165) is 35.3 Å². The lowest BCUT2D eigenvalue weighted by atomic mass is 9.90. The molecule has 1 heterocycles. The summed E-state index contributed by atoms with van der Waals surface area (Å²) >= 11 is 0. The molecular weight excluding hydrogens is 520 g/mol. The van der Waals surface area contributed by atoms with Gasteiger partial charge in [0, 0.05) is 38.0 Å². The fraction of sp³-hybridized carbons (Fsp3) is 0.394. The molecule has 3 aromatic rings. The minimum Gasteiger partial charge on any atom is -0.453 e. The molecule has 1 saturated heterocycles. The zero-order valence-corrected chi connectivity index (χ0v) is 24.2. The molecule has 0 aliphatic carbocycles. The van der Waals surface area contributed by atoms with Crippen molar-refractivity contribution < 1.29 is 28.9 Å². The van der Waals surface area contributed by atoms with Gasteiger partial charge in [0.25, 0.3) is 5.91 Å². The van der Waals surface area contributed by atoms with E-state index in [9.17, 15) is 14.7 Å². The number of carbonyl (C=O) groups excluding carboxylic acids is 2. The maximum Gasteiger partial charge on any atom is 0.303 e. The second-order valence-electron chi connectivity index (χ2n) is 10.7. The van der Waals surface area contributed by atoms with Gasteiger partial charge in [-0.1, -0.05) is 85.8 Å². The molecule has 1 aliphatic heterocycles. The fourth-order valence-corrected chi connectivity index (χ4v) is 5.02. The molecule has 0 spiro atoms. The Bertz CT molecular complexity index is 1270. The molecule has 2 N–H and O–H groups in total. The van der Waals surface area contributed by atoms with Crippen LogP contribution in [0, 0.1) is 5.92 Å². The smallest absolute Gasteiger partial charge is 0.303 e. The van der Waals surface area contributed by atoms with Gasteiger partial charge in [0.05, 0.1) is 18.8 Å². The summed E-state index contributed by atoms with van der Waals surface area (Å²) in [6, 6.07) is 26.0. The number of benzene rings is 3. The van der Waals surface area contributed by atoms with Gasteiger partial charge in [0.15, 0.2) is 12.4 Å². The Labute approximate surface area is 242 Å². The lowest BCUT2D eigenvalue weighted by Gasteiger charge is -2.42. The van der Waals surface area contributed by atoms with Gasteiger partial charge in [0.1, 0.15) is 0 Å². The van der Waals surface area contributed by atoms with Crippen LogP contribution in [0.1, 0.15) is 61.0 Å². The average molecular weight is 561 g/mol. The predicted molar refractivity (Wildman–Crippen MR) is 155 cm³/mol. The van der Waals surface area contributed by atoms with Crippen molar-refractivity contribution in [2.45, 2.75) is 65.1 Å². The molecule has 3 aromatic carbocycles. The molecule has 8 heteroatoms. The van der Waals surface area contributed by atoms with Gasteiger partial charge in [-0.2, -0.15) is 0 Å². The van der Waals surface area contributed by atoms with E-state index in [4.69, 9.17) is 14.2 Å². The molecule has 0 radical (unpaired) electrons. The van der Waals surface area contributed by atoms with Crippen LogP contribution in [0.2, 0.25) is 0 Å². The van der Waals surface area contributed by atoms with Crippen molar-refractivity contribution in [1.29, 1.82) is 0 Å². The van der Waals surface area contributed by atoms with Crippen molar-refractivity contribution in [3.8, 4) is 0 Å². The van der Waals surface area contributed by atoms with Crippen molar-refractivity contribution in [3.63, 3.8) is 0 Å². The van der Waals surface area contributed by atoms with Crippen LogP contribution in [0.3, 0.4) is 0 Å². The zero-order valence-electron chi connectivity index (χ0n) is 24.2. The zero-order chi connectivity index (χ0) is 29.4. The molecule has 1 fully saturated rings. The number of nitrogens with one attached hydrogen (secondary N) is 1. The second-order valence-corrected chi connectivity index (χ2v) is 10.7. The van der Waals surface area contributed by atoms with E-state index >= 15 is 0 Å². The Hall–Kier alpha value is -3.56. The van der Waals surface area contributed by atoms with Crippen LogP contribution in [-0.4, -0.2) is 47.7 Å². The van der Waals surface area contributed by atoms with Crippen LogP contribution in [0.25, 0.3) is 0 Å². The number of hydrogen-bond donors (Lipinski definition) is 2. The normalized spacial score (nSPS) is 21.3. The van der Waals surface area contributed by atoms with Crippen LogP contribution >= 0.6 is 0 Å². The van der Waals surface area contributed by atoms with E-state index in [1.54, 1.807) is 6.92 Å². The van der Waals surface area contributed by atoms with E-state index in [1.165, 1.54) is 12.5 Å². The maximum absolute atomic E-state index is 12.2. The average Bonchev–Trinajstić information content (AvgIpc) is 2.97. The minimum atomic E-state index is -0.849. The third-order valence-electron chi connectivity index (χ3n) is 7.34. The summed E-state index contributed by atoms with van der Waals surface area (Å²) in [6.07, 6.45) is -1.71.